The average Bonchev–Trinajstić information content (AvgIpc) is 3.13. The predicted molar refractivity (Wildman–Crippen MR) is 118 cm³/mol. The molecule has 0 aliphatic heterocycles. The van der Waals surface area contributed by atoms with E-state index >= 15 is 0 Å². The molecule has 0 atom stereocenters. The molecule has 4 rings (SSSR count). The fraction of sp³-hybridized carbons (Fsp3) is 0.364. The van der Waals surface area contributed by atoms with Crippen LogP contribution in [0.25, 0.3) is 10.8 Å². The molecule has 0 radical (unpaired) electrons. The van der Waals surface area contributed by atoms with Crippen molar-refractivity contribution in [3.8, 4) is 0 Å². The first-order valence-corrected chi connectivity index (χ1v) is 8.55. The SMILES string of the molecule is Br.Br.CC(C)[c-]1ccc2c1CCCC2.C[c-]1ccc2ccccc21.[Hf]. The first-order valence-electron chi connectivity index (χ1n) is 8.55. The topological polar surface area (TPSA) is 0 Å². The summed E-state index contributed by atoms with van der Waals surface area (Å²) in [5.41, 5.74) is 6.28. The van der Waals surface area contributed by atoms with Crippen LogP contribution in [0.2, 0.25) is 0 Å². The summed E-state index contributed by atoms with van der Waals surface area (Å²) in [6, 6.07) is 17.4. The Morgan fingerprint density at radius 1 is 0.880 bits per heavy atom. The summed E-state index contributed by atoms with van der Waals surface area (Å²) in [6.07, 6.45) is 5.45. The van der Waals surface area contributed by atoms with Crippen LogP contribution >= 0.6 is 34.0 Å². The number of rotatable bonds is 1. The van der Waals surface area contributed by atoms with E-state index in [-0.39, 0.29) is 59.8 Å². The maximum absolute atomic E-state index is 2.34. The molecule has 0 unspecified atom stereocenters. The van der Waals surface area contributed by atoms with Crippen molar-refractivity contribution in [2.24, 2.45) is 0 Å². The van der Waals surface area contributed by atoms with Gasteiger partial charge in [0.1, 0.15) is 0 Å². The molecule has 3 aromatic rings. The molecule has 0 spiro atoms. The van der Waals surface area contributed by atoms with Crippen molar-refractivity contribution in [3.05, 3.63) is 70.8 Å². The van der Waals surface area contributed by atoms with Crippen LogP contribution in [0.3, 0.4) is 0 Å². The molecule has 0 saturated carbocycles. The van der Waals surface area contributed by atoms with Crippen LogP contribution in [0.15, 0.2) is 48.5 Å². The molecule has 0 bridgehead atoms. The molecule has 25 heavy (non-hydrogen) atoms. The molecule has 3 aromatic carbocycles. The largest absolute Gasteiger partial charge is 0.210 e. The second-order valence-electron chi connectivity index (χ2n) is 6.76. The monoisotopic (exact) mass is 630 g/mol. The zero-order chi connectivity index (χ0) is 15.5. The van der Waals surface area contributed by atoms with Crippen LogP contribution in [-0.4, -0.2) is 0 Å². The van der Waals surface area contributed by atoms with Crippen LogP contribution in [0.1, 0.15) is 54.9 Å². The van der Waals surface area contributed by atoms with Gasteiger partial charge in [0, 0.05) is 25.8 Å². The van der Waals surface area contributed by atoms with Crippen molar-refractivity contribution in [1.29, 1.82) is 0 Å². The van der Waals surface area contributed by atoms with Crippen molar-refractivity contribution >= 4 is 44.7 Å². The van der Waals surface area contributed by atoms with E-state index in [1.807, 2.05) is 0 Å². The quantitative estimate of drug-likeness (QED) is 0.194. The van der Waals surface area contributed by atoms with E-state index in [4.69, 9.17) is 0 Å². The van der Waals surface area contributed by atoms with Gasteiger partial charge in [-0.25, -0.2) is 6.07 Å². The summed E-state index contributed by atoms with van der Waals surface area (Å²) in [5.74, 6) is 0.715. The number of hydrogen-bond donors (Lipinski definition) is 0. The van der Waals surface area contributed by atoms with Gasteiger partial charge < -0.3 is 0 Å². The third-order valence-corrected chi connectivity index (χ3v) is 4.84. The molecule has 0 nitrogen and oxygen atoms in total. The summed E-state index contributed by atoms with van der Waals surface area (Å²) in [7, 11) is 0. The van der Waals surface area contributed by atoms with Gasteiger partial charge in [0.25, 0.3) is 0 Å². The molecule has 0 amide bonds. The molecule has 136 valence electrons. The Balaban J connectivity index is 0.000000416. The zero-order valence-corrected chi connectivity index (χ0v) is 22.4. The van der Waals surface area contributed by atoms with Crippen molar-refractivity contribution in [2.45, 2.75) is 52.4 Å². The van der Waals surface area contributed by atoms with E-state index in [0.29, 0.717) is 5.92 Å². The number of halogens is 2. The third kappa shape index (κ3) is 6.01. The van der Waals surface area contributed by atoms with Gasteiger partial charge in [0.15, 0.2) is 0 Å². The van der Waals surface area contributed by atoms with Crippen molar-refractivity contribution < 1.29 is 25.8 Å². The van der Waals surface area contributed by atoms with Gasteiger partial charge in [-0.1, -0.05) is 58.4 Å². The Hall–Kier alpha value is 0.0101. The van der Waals surface area contributed by atoms with Crippen LogP contribution < -0.4 is 0 Å². The Kier molecular flexibility index (Phi) is 11.7. The fourth-order valence-corrected chi connectivity index (χ4v) is 3.58. The normalized spacial score (nSPS) is 12.2. The Morgan fingerprint density at radius 2 is 1.56 bits per heavy atom. The summed E-state index contributed by atoms with van der Waals surface area (Å²) in [5, 5.41) is 2.72. The second kappa shape index (κ2) is 11.7. The van der Waals surface area contributed by atoms with Gasteiger partial charge in [-0.15, -0.1) is 68.5 Å². The third-order valence-electron chi connectivity index (χ3n) is 4.84. The predicted octanol–water partition coefficient (Wildman–Crippen LogP) is 7.43. The number of aryl methyl sites for hydroxylation is 2. The number of hydrogen-bond acceptors (Lipinski definition) is 0. The molecular formula is C22H28Br2Hf-2. The van der Waals surface area contributed by atoms with Gasteiger partial charge in [-0.05, 0) is 0 Å². The van der Waals surface area contributed by atoms with Crippen LogP contribution in [-0.2, 0) is 38.7 Å². The van der Waals surface area contributed by atoms with E-state index in [9.17, 15) is 0 Å². The van der Waals surface area contributed by atoms with Crippen molar-refractivity contribution in [3.63, 3.8) is 0 Å². The number of fused-ring (bicyclic) bond motifs is 2. The fourth-order valence-electron chi connectivity index (χ4n) is 3.58. The minimum atomic E-state index is 0. The Morgan fingerprint density at radius 3 is 2.24 bits per heavy atom. The van der Waals surface area contributed by atoms with Gasteiger partial charge in [-0.2, -0.15) is 34.9 Å². The molecule has 1 aliphatic carbocycles. The van der Waals surface area contributed by atoms with E-state index in [2.05, 4.69) is 69.3 Å². The van der Waals surface area contributed by atoms with Crippen molar-refractivity contribution in [2.75, 3.05) is 0 Å². The first-order chi connectivity index (χ1) is 10.7. The van der Waals surface area contributed by atoms with Gasteiger partial charge in [0.2, 0.25) is 0 Å². The molecule has 0 heterocycles. The first kappa shape index (κ1) is 25.0. The van der Waals surface area contributed by atoms with Crippen LogP contribution in [0.5, 0.6) is 0 Å². The van der Waals surface area contributed by atoms with E-state index in [1.165, 1.54) is 42.0 Å². The minimum absolute atomic E-state index is 0. The van der Waals surface area contributed by atoms with E-state index in [0.717, 1.165) is 0 Å². The standard InChI is InChI=1S/C12H17.C10H9.2BrH.Hf/c1-9(2)11-8-7-10-5-3-4-6-12(10)11;1-8-6-7-9-4-2-3-5-10(8)9;;;/h7-9H,3-6H2,1-2H3;2-7H,1H3;2*1H;/q2*-1;;;. The summed E-state index contributed by atoms with van der Waals surface area (Å²) in [6.45, 7) is 6.73. The van der Waals surface area contributed by atoms with Crippen molar-refractivity contribution in [1.82, 2.24) is 0 Å². The summed E-state index contributed by atoms with van der Waals surface area (Å²) >= 11 is 0. The maximum atomic E-state index is 2.34. The zero-order valence-electron chi connectivity index (χ0n) is 15.3. The molecule has 0 N–H and O–H groups in total. The second-order valence-corrected chi connectivity index (χ2v) is 6.76. The Bertz CT molecular complexity index is 752. The molecule has 1 aliphatic rings. The average molecular weight is 631 g/mol. The molecular weight excluding hydrogens is 603 g/mol. The van der Waals surface area contributed by atoms with Gasteiger partial charge in [0.05, 0.1) is 0 Å². The number of benzene rings is 1. The van der Waals surface area contributed by atoms with E-state index in [1.54, 1.807) is 16.7 Å². The molecule has 0 aromatic heterocycles. The molecule has 3 heteroatoms. The van der Waals surface area contributed by atoms with Crippen LogP contribution in [0, 0.1) is 6.92 Å². The van der Waals surface area contributed by atoms with Gasteiger partial charge >= 0.3 is 0 Å². The Labute approximate surface area is 192 Å². The summed E-state index contributed by atoms with van der Waals surface area (Å²) in [4.78, 5) is 0. The van der Waals surface area contributed by atoms with E-state index < -0.39 is 0 Å². The maximum Gasteiger partial charge on any atom is 0 e. The summed E-state index contributed by atoms with van der Waals surface area (Å²) < 4.78 is 0. The van der Waals surface area contributed by atoms with Crippen LogP contribution in [0.4, 0.5) is 0 Å². The minimum Gasteiger partial charge on any atom is -0.210 e. The smallest absolute Gasteiger partial charge is 0 e. The molecule has 0 fully saturated rings. The van der Waals surface area contributed by atoms with Gasteiger partial charge in [-0.3, -0.25) is 0 Å². The molecule has 0 saturated heterocycles.